The molecule has 1 aromatic carbocycles. The van der Waals surface area contributed by atoms with E-state index in [0.29, 0.717) is 53.1 Å². The van der Waals surface area contributed by atoms with Crippen LogP contribution in [0.5, 0.6) is 5.75 Å². The first kappa shape index (κ1) is 23.5. The normalized spacial score (nSPS) is 15.0. The van der Waals surface area contributed by atoms with Crippen LogP contribution in [0, 0.1) is 0 Å². The smallest absolute Gasteiger partial charge is 0.245 e. The first-order valence-electron chi connectivity index (χ1n) is 11.4. The van der Waals surface area contributed by atoms with Gasteiger partial charge in [-0.2, -0.15) is 0 Å². The number of likely N-dealkylation sites (tertiary alicyclic amines) is 1. The number of hydrogen-bond donors (Lipinski definition) is 1. The van der Waals surface area contributed by atoms with Crippen LogP contribution in [-0.4, -0.2) is 49.9 Å². The van der Waals surface area contributed by atoms with Crippen LogP contribution in [-0.2, 0) is 11.4 Å². The minimum absolute atomic E-state index is 0.0164. The molecule has 0 saturated carbocycles. The molecule has 1 fully saturated rings. The number of hydrogen-bond acceptors (Lipinski definition) is 7. The van der Waals surface area contributed by atoms with Crippen LogP contribution in [0.3, 0.4) is 0 Å². The van der Waals surface area contributed by atoms with Crippen molar-refractivity contribution in [3.05, 3.63) is 89.7 Å². The number of anilines is 2. The topological polar surface area (TPSA) is 107 Å². The SMILES string of the molecule is C=CC(=O)N1CCC([N-]c2ccc3ncnc(Nc4ccc(OCc5ccccn5)c(Cl)c4)c3n2)C1. The molecule has 4 heterocycles. The molecule has 10 heteroatoms. The minimum Gasteiger partial charge on any atom is -0.486 e. The largest absolute Gasteiger partial charge is 0.486 e. The van der Waals surface area contributed by atoms with Crippen LogP contribution >= 0.6 is 11.6 Å². The van der Waals surface area contributed by atoms with Crippen molar-refractivity contribution in [3.63, 3.8) is 0 Å². The molecule has 1 saturated heterocycles. The lowest BCUT2D eigenvalue weighted by molar-refractivity contribution is -0.124. The summed E-state index contributed by atoms with van der Waals surface area (Å²) in [4.78, 5) is 31.2. The van der Waals surface area contributed by atoms with E-state index in [-0.39, 0.29) is 11.9 Å². The number of nitrogens with zero attached hydrogens (tertiary/aromatic N) is 6. The van der Waals surface area contributed by atoms with Crippen molar-refractivity contribution in [1.82, 2.24) is 24.8 Å². The van der Waals surface area contributed by atoms with Crippen LogP contribution in [0.4, 0.5) is 17.3 Å². The molecule has 0 radical (unpaired) electrons. The molecule has 1 aliphatic rings. The van der Waals surface area contributed by atoms with Crippen LogP contribution in [0.15, 0.2) is 73.7 Å². The molecule has 5 rings (SSSR count). The van der Waals surface area contributed by atoms with Crippen molar-refractivity contribution in [1.29, 1.82) is 0 Å². The second-order valence-electron chi connectivity index (χ2n) is 8.20. The van der Waals surface area contributed by atoms with Crippen molar-refractivity contribution < 1.29 is 9.53 Å². The molecule has 4 aromatic rings. The lowest BCUT2D eigenvalue weighted by Crippen LogP contribution is -2.27. The molecule has 0 aliphatic carbocycles. The van der Waals surface area contributed by atoms with Gasteiger partial charge in [-0.15, -0.1) is 0 Å². The Balaban J connectivity index is 1.30. The number of fused-ring (bicyclic) bond motifs is 1. The third-order valence-electron chi connectivity index (χ3n) is 5.73. The van der Waals surface area contributed by atoms with E-state index in [0.717, 1.165) is 17.8 Å². The highest BCUT2D eigenvalue weighted by Crippen LogP contribution is 2.32. The van der Waals surface area contributed by atoms with E-state index in [2.05, 4.69) is 31.8 Å². The first-order chi connectivity index (χ1) is 17.6. The number of carbonyl (C=O) groups excluding carboxylic acids is 1. The Bertz CT molecular complexity index is 1400. The van der Waals surface area contributed by atoms with Crippen molar-refractivity contribution in [3.8, 4) is 5.75 Å². The molecule has 1 atom stereocenters. The fraction of sp³-hybridized carbons (Fsp3) is 0.192. The summed E-state index contributed by atoms with van der Waals surface area (Å²) >= 11 is 6.46. The Morgan fingerprint density at radius 3 is 2.94 bits per heavy atom. The average molecular weight is 501 g/mol. The predicted molar refractivity (Wildman–Crippen MR) is 139 cm³/mol. The van der Waals surface area contributed by atoms with Crippen LogP contribution in [0.2, 0.25) is 5.02 Å². The summed E-state index contributed by atoms with van der Waals surface area (Å²) in [5.74, 6) is 1.57. The molecule has 1 aliphatic heterocycles. The zero-order valence-corrected chi connectivity index (χ0v) is 20.1. The lowest BCUT2D eigenvalue weighted by Gasteiger charge is -2.23. The maximum atomic E-state index is 11.9. The molecule has 36 heavy (non-hydrogen) atoms. The number of halogens is 1. The molecule has 1 unspecified atom stereocenters. The molecule has 182 valence electrons. The average Bonchev–Trinajstić information content (AvgIpc) is 3.37. The van der Waals surface area contributed by atoms with Crippen LogP contribution in [0.1, 0.15) is 12.1 Å². The molecule has 0 bridgehead atoms. The molecular formula is C26H23ClN7O2-. The van der Waals surface area contributed by atoms with Crippen LogP contribution < -0.4 is 10.1 Å². The maximum absolute atomic E-state index is 11.9. The van der Waals surface area contributed by atoms with Crippen LogP contribution in [0.25, 0.3) is 16.4 Å². The van der Waals surface area contributed by atoms with Gasteiger partial charge >= 0.3 is 0 Å². The van der Waals surface area contributed by atoms with Gasteiger partial charge in [-0.25, -0.2) is 9.97 Å². The van der Waals surface area contributed by atoms with E-state index in [1.54, 1.807) is 23.2 Å². The Labute approximate surface area is 213 Å². The van der Waals surface area contributed by atoms with E-state index in [4.69, 9.17) is 21.7 Å². The number of carbonyl (C=O) groups is 1. The zero-order chi connectivity index (χ0) is 24.9. The van der Waals surface area contributed by atoms with Gasteiger partial charge in [0.2, 0.25) is 5.91 Å². The van der Waals surface area contributed by atoms with E-state index in [1.165, 1.54) is 12.4 Å². The van der Waals surface area contributed by atoms with Gasteiger partial charge in [0.1, 0.15) is 24.5 Å². The summed E-state index contributed by atoms with van der Waals surface area (Å²) in [6.45, 7) is 5.08. The predicted octanol–water partition coefficient (Wildman–Crippen LogP) is 5.19. The van der Waals surface area contributed by atoms with Gasteiger partial charge in [-0.3, -0.25) is 9.78 Å². The fourth-order valence-electron chi connectivity index (χ4n) is 3.92. The highest BCUT2D eigenvalue weighted by Gasteiger charge is 2.22. The van der Waals surface area contributed by atoms with Gasteiger partial charge < -0.3 is 25.3 Å². The molecule has 1 amide bonds. The summed E-state index contributed by atoms with van der Waals surface area (Å²) in [6, 6.07) is 14.7. The monoisotopic (exact) mass is 500 g/mol. The molecule has 0 spiro atoms. The maximum Gasteiger partial charge on any atom is 0.245 e. The van der Waals surface area contributed by atoms with E-state index < -0.39 is 0 Å². The summed E-state index contributed by atoms with van der Waals surface area (Å²) < 4.78 is 5.80. The highest BCUT2D eigenvalue weighted by molar-refractivity contribution is 6.32. The number of rotatable bonds is 8. The van der Waals surface area contributed by atoms with Crippen molar-refractivity contribution >= 4 is 45.9 Å². The Morgan fingerprint density at radius 1 is 1.22 bits per heavy atom. The van der Waals surface area contributed by atoms with Crippen molar-refractivity contribution in [2.75, 3.05) is 18.4 Å². The summed E-state index contributed by atoms with van der Waals surface area (Å²) in [6.07, 6.45) is 5.31. The third-order valence-corrected chi connectivity index (χ3v) is 6.02. The first-order valence-corrected chi connectivity index (χ1v) is 11.8. The van der Waals surface area contributed by atoms with Gasteiger partial charge in [0, 0.05) is 30.5 Å². The molecule has 3 aromatic heterocycles. The van der Waals surface area contributed by atoms with Gasteiger partial charge in [-0.05, 0) is 54.9 Å². The zero-order valence-electron chi connectivity index (χ0n) is 19.3. The standard InChI is InChI=1S/C26H23ClN7O2/c1-2-24(35)34-12-10-18(14-34)31-23-9-7-21-25(33-23)26(30-16-29-21)32-17-6-8-22(20(27)13-17)36-15-19-5-3-4-11-28-19/h2-9,11,13,16,18H,1,10,12,14-15H2,(H-,29,30,31,32,33)/q-1. The molecule has 9 nitrogen and oxygen atoms in total. The molecular weight excluding hydrogens is 478 g/mol. The summed E-state index contributed by atoms with van der Waals surface area (Å²) in [5.41, 5.74) is 2.81. The quantitative estimate of drug-likeness (QED) is 0.332. The Hall–Kier alpha value is -4.24. The number of aromatic nitrogens is 4. The molecule has 1 N–H and O–H groups in total. The van der Waals surface area contributed by atoms with Gasteiger partial charge in [0.25, 0.3) is 0 Å². The fourth-order valence-corrected chi connectivity index (χ4v) is 4.16. The van der Waals surface area contributed by atoms with E-state index in [9.17, 15) is 4.79 Å². The minimum atomic E-state index is -0.0779. The second-order valence-corrected chi connectivity index (χ2v) is 8.61. The summed E-state index contributed by atoms with van der Waals surface area (Å²) in [7, 11) is 0. The third kappa shape index (κ3) is 5.36. The van der Waals surface area contributed by atoms with Crippen molar-refractivity contribution in [2.45, 2.75) is 19.1 Å². The van der Waals surface area contributed by atoms with Gasteiger partial charge in [0.05, 0.1) is 16.2 Å². The van der Waals surface area contributed by atoms with E-state index >= 15 is 0 Å². The summed E-state index contributed by atoms with van der Waals surface area (Å²) in [5, 5.41) is 8.45. The number of ether oxygens (including phenoxy) is 1. The van der Waals surface area contributed by atoms with Crippen molar-refractivity contribution in [2.24, 2.45) is 0 Å². The number of amides is 1. The number of benzene rings is 1. The Kier molecular flexibility index (Phi) is 6.90. The number of pyridine rings is 2. The van der Waals surface area contributed by atoms with Gasteiger partial charge in [-0.1, -0.05) is 36.1 Å². The highest BCUT2D eigenvalue weighted by atomic mass is 35.5. The number of nitrogens with one attached hydrogen (secondary N) is 1. The Morgan fingerprint density at radius 2 is 2.14 bits per heavy atom. The van der Waals surface area contributed by atoms with E-state index in [1.807, 2.05) is 36.4 Å². The van der Waals surface area contributed by atoms with Gasteiger partial charge in [0.15, 0.2) is 0 Å². The second kappa shape index (κ2) is 10.6. The lowest BCUT2D eigenvalue weighted by atomic mass is 10.2.